The topological polar surface area (TPSA) is 85.2 Å². The smallest absolute Gasteiger partial charge is 0.252 e. The van der Waals surface area contributed by atoms with E-state index in [0.717, 1.165) is 44.9 Å². The van der Waals surface area contributed by atoms with Crippen molar-refractivity contribution in [3.8, 4) is 0 Å². The van der Waals surface area contributed by atoms with Crippen LogP contribution in [-0.4, -0.2) is 53.3 Å². The first-order valence-electron chi connectivity index (χ1n) is 13.2. The molecule has 6 heteroatoms. The minimum absolute atomic E-state index is 0.0334. The lowest BCUT2D eigenvalue weighted by atomic mass is 9.46. The van der Waals surface area contributed by atoms with Crippen LogP contribution in [-0.2, 0) is 19.0 Å². The highest BCUT2D eigenvalue weighted by molar-refractivity contribution is 5.96. The Hall–Kier alpha value is -1.21. The molecule has 6 nitrogen and oxygen atoms in total. The SMILES string of the molecule is COC1=C[C@H](C)O[C@@H](O[C@H]2CC[C@@]3(C)C(=CC[C@@H]4[C@@H]3CC[C@@]3(C)[C@H]4CC[C@]3(O)[C@H](C)O)C2)C1=O. The van der Waals surface area contributed by atoms with Crippen LogP contribution < -0.4 is 0 Å². The van der Waals surface area contributed by atoms with Gasteiger partial charge in [-0.3, -0.25) is 4.79 Å². The molecule has 1 heterocycles. The molecule has 0 bridgehead atoms. The van der Waals surface area contributed by atoms with Crippen molar-refractivity contribution in [2.45, 2.75) is 109 Å². The Kier molecular flexibility index (Phi) is 6.07. The van der Waals surface area contributed by atoms with E-state index in [4.69, 9.17) is 14.2 Å². The van der Waals surface area contributed by atoms with E-state index in [1.807, 2.05) is 6.92 Å². The highest BCUT2D eigenvalue weighted by Crippen LogP contribution is 2.67. The van der Waals surface area contributed by atoms with Gasteiger partial charge in [0.1, 0.15) is 0 Å². The van der Waals surface area contributed by atoms with Gasteiger partial charge in [0.2, 0.25) is 6.29 Å². The first-order chi connectivity index (χ1) is 16.0. The molecule has 0 aromatic heterocycles. The summed E-state index contributed by atoms with van der Waals surface area (Å²) in [6.45, 7) is 8.31. The number of carbonyl (C=O) groups is 1. The summed E-state index contributed by atoms with van der Waals surface area (Å²) in [6, 6.07) is 0. The second-order valence-corrected chi connectivity index (χ2v) is 12.1. The molecule has 0 aromatic carbocycles. The van der Waals surface area contributed by atoms with E-state index in [1.165, 1.54) is 12.7 Å². The van der Waals surface area contributed by atoms with E-state index >= 15 is 0 Å². The van der Waals surface area contributed by atoms with E-state index in [0.29, 0.717) is 29.9 Å². The predicted octanol–water partition coefficient (Wildman–Crippen LogP) is 4.29. The average molecular weight is 475 g/mol. The van der Waals surface area contributed by atoms with Crippen LogP contribution in [0.15, 0.2) is 23.5 Å². The van der Waals surface area contributed by atoms with Gasteiger partial charge in [0.15, 0.2) is 5.76 Å². The summed E-state index contributed by atoms with van der Waals surface area (Å²) in [6.07, 6.45) is 9.87. The molecule has 3 fully saturated rings. The fourth-order valence-electron chi connectivity index (χ4n) is 8.63. The number of ketones is 1. The van der Waals surface area contributed by atoms with Crippen LogP contribution in [0, 0.1) is 28.6 Å². The van der Waals surface area contributed by atoms with Crippen LogP contribution in [0.4, 0.5) is 0 Å². The Morgan fingerprint density at radius 3 is 2.59 bits per heavy atom. The number of rotatable bonds is 4. The third kappa shape index (κ3) is 3.47. The van der Waals surface area contributed by atoms with Gasteiger partial charge in [-0.05, 0) is 94.5 Å². The zero-order valence-electron chi connectivity index (χ0n) is 21.4. The van der Waals surface area contributed by atoms with Crippen LogP contribution in [0.3, 0.4) is 0 Å². The molecule has 4 aliphatic carbocycles. The zero-order chi connectivity index (χ0) is 24.5. The predicted molar refractivity (Wildman–Crippen MR) is 128 cm³/mol. The van der Waals surface area contributed by atoms with Gasteiger partial charge in [0.05, 0.1) is 31.0 Å². The quantitative estimate of drug-likeness (QED) is 0.591. The summed E-state index contributed by atoms with van der Waals surface area (Å²) < 4.78 is 17.2. The Bertz CT molecular complexity index is 893. The summed E-state index contributed by atoms with van der Waals surface area (Å²) in [4.78, 5) is 12.6. The van der Waals surface area contributed by atoms with E-state index in [-0.39, 0.29) is 28.8 Å². The molecule has 0 spiro atoms. The normalized spacial score (nSPS) is 49.3. The van der Waals surface area contributed by atoms with Crippen molar-refractivity contribution in [1.29, 1.82) is 0 Å². The molecule has 0 aromatic rings. The molecular weight excluding hydrogens is 432 g/mol. The largest absolute Gasteiger partial charge is 0.493 e. The van der Waals surface area contributed by atoms with Gasteiger partial charge in [-0.1, -0.05) is 25.5 Å². The van der Waals surface area contributed by atoms with E-state index in [1.54, 1.807) is 13.0 Å². The van der Waals surface area contributed by atoms with Crippen molar-refractivity contribution < 1.29 is 29.2 Å². The fourth-order valence-corrected chi connectivity index (χ4v) is 8.63. The standard InChI is InChI=1S/C28H42O6/c1-16-14-23(32-5)24(30)25(33-16)34-19-8-11-26(3)18(15-19)6-7-20-21(26)9-12-27(4)22(20)10-13-28(27,31)17(2)29/h6,14,16-17,19-22,25,29,31H,7-13,15H2,1-5H3/t16-,17-,19-,20+,21-,22-,25-,26-,27-,28-/m0/s1. The van der Waals surface area contributed by atoms with Crippen molar-refractivity contribution >= 4 is 5.78 Å². The molecule has 10 atom stereocenters. The Morgan fingerprint density at radius 2 is 1.88 bits per heavy atom. The summed E-state index contributed by atoms with van der Waals surface area (Å²) in [7, 11) is 1.51. The van der Waals surface area contributed by atoms with Crippen molar-refractivity contribution in [2.24, 2.45) is 28.6 Å². The number of aliphatic hydroxyl groups excluding tert-OH is 1. The lowest BCUT2D eigenvalue weighted by Gasteiger charge is -2.59. The maximum absolute atomic E-state index is 12.6. The number of Topliss-reactive ketones (excluding diaryl/α,β-unsaturated/α-hetero) is 1. The van der Waals surface area contributed by atoms with Crippen LogP contribution >= 0.6 is 0 Å². The maximum Gasteiger partial charge on any atom is 0.252 e. The van der Waals surface area contributed by atoms with Gasteiger partial charge < -0.3 is 24.4 Å². The molecular formula is C28H42O6. The minimum atomic E-state index is -0.974. The highest BCUT2D eigenvalue weighted by Gasteiger charge is 2.65. The Labute approximate surface area is 203 Å². The van der Waals surface area contributed by atoms with Crippen LogP contribution in [0.25, 0.3) is 0 Å². The molecule has 190 valence electrons. The molecule has 0 saturated heterocycles. The lowest BCUT2D eigenvalue weighted by molar-refractivity contribution is -0.200. The molecule has 3 saturated carbocycles. The number of ether oxygens (including phenoxy) is 3. The molecule has 0 amide bonds. The van der Waals surface area contributed by atoms with Crippen molar-refractivity contribution in [3.05, 3.63) is 23.5 Å². The van der Waals surface area contributed by atoms with Crippen LogP contribution in [0.5, 0.6) is 0 Å². The Morgan fingerprint density at radius 1 is 1.15 bits per heavy atom. The maximum atomic E-state index is 12.6. The summed E-state index contributed by atoms with van der Waals surface area (Å²) >= 11 is 0. The molecule has 5 rings (SSSR count). The average Bonchev–Trinajstić information content (AvgIpc) is 3.08. The molecule has 2 N–H and O–H groups in total. The fraction of sp³-hybridized carbons (Fsp3) is 0.821. The Balaban J connectivity index is 1.32. The van der Waals surface area contributed by atoms with Crippen LogP contribution in [0.1, 0.15) is 79.1 Å². The lowest BCUT2D eigenvalue weighted by Crippen LogP contribution is -2.58. The second-order valence-electron chi connectivity index (χ2n) is 12.1. The molecule has 0 unspecified atom stereocenters. The first-order valence-corrected chi connectivity index (χ1v) is 13.2. The molecule has 34 heavy (non-hydrogen) atoms. The summed E-state index contributed by atoms with van der Waals surface area (Å²) in [5.74, 6) is 1.69. The number of hydrogen-bond acceptors (Lipinski definition) is 6. The number of aliphatic hydroxyl groups is 2. The van der Waals surface area contributed by atoms with E-state index in [2.05, 4.69) is 19.9 Å². The van der Waals surface area contributed by atoms with Gasteiger partial charge in [0.25, 0.3) is 5.78 Å². The number of fused-ring (bicyclic) bond motifs is 5. The number of carbonyl (C=O) groups excluding carboxylic acids is 1. The van der Waals surface area contributed by atoms with E-state index < -0.39 is 18.0 Å². The molecule has 1 aliphatic heterocycles. The summed E-state index contributed by atoms with van der Waals surface area (Å²) in [5, 5.41) is 21.9. The van der Waals surface area contributed by atoms with E-state index in [9.17, 15) is 15.0 Å². The van der Waals surface area contributed by atoms with Crippen LogP contribution in [0.2, 0.25) is 0 Å². The first kappa shape index (κ1) is 24.5. The van der Waals surface area contributed by atoms with Crippen molar-refractivity contribution in [1.82, 2.24) is 0 Å². The number of methoxy groups -OCH3 is 1. The van der Waals surface area contributed by atoms with Gasteiger partial charge in [-0.2, -0.15) is 0 Å². The highest BCUT2D eigenvalue weighted by atomic mass is 16.7. The van der Waals surface area contributed by atoms with Crippen molar-refractivity contribution in [3.63, 3.8) is 0 Å². The van der Waals surface area contributed by atoms with Crippen molar-refractivity contribution in [2.75, 3.05) is 7.11 Å². The monoisotopic (exact) mass is 474 g/mol. The summed E-state index contributed by atoms with van der Waals surface area (Å²) in [5.41, 5.74) is 0.416. The second kappa shape index (κ2) is 8.43. The zero-order valence-corrected chi connectivity index (χ0v) is 21.4. The molecule has 0 radical (unpaired) electrons. The molecule has 5 aliphatic rings. The van der Waals surface area contributed by atoms with Gasteiger partial charge in [0, 0.05) is 5.41 Å². The third-order valence-electron chi connectivity index (χ3n) is 10.7. The minimum Gasteiger partial charge on any atom is -0.493 e. The van der Waals surface area contributed by atoms with Gasteiger partial charge in [-0.15, -0.1) is 0 Å². The number of hydrogen-bond donors (Lipinski definition) is 2. The third-order valence-corrected chi connectivity index (χ3v) is 10.7. The van der Waals surface area contributed by atoms with Gasteiger partial charge in [-0.25, -0.2) is 0 Å². The van der Waals surface area contributed by atoms with Gasteiger partial charge >= 0.3 is 0 Å². The number of allylic oxidation sites excluding steroid dienone is 1.